The van der Waals surface area contributed by atoms with Gasteiger partial charge < -0.3 is 14.5 Å². The van der Waals surface area contributed by atoms with E-state index in [4.69, 9.17) is 4.74 Å². The molecule has 2 atom stereocenters. The Balaban J connectivity index is 1.56. The number of benzene rings is 2. The van der Waals surface area contributed by atoms with Gasteiger partial charge in [0.25, 0.3) is 5.91 Å². The molecule has 2 aromatic rings. The van der Waals surface area contributed by atoms with Crippen LogP contribution in [0.25, 0.3) is 11.1 Å². The topological polar surface area (TPSA) is 32.8 Å². The van der Waals surface area contributed by atoms with Crippen LogP contribution in [-0.2, 0) is 0 Å². The van der Waals surface area contributed by atoms with Crippen LogP contribution in [0.2, 0.25) is 0 Å². The van der Waals surface area contributed by atoms with Crippen LogP contribution >= 0.6 is 0 Å². The second-order valence-electron chi connectivity index (χ2n) is 8.32. The molecule has 1 aliphatic heterocycles. The molecule has 3 rings (SSSR count). The van der Waals surface area contributed by atoms with Crippen LogP contribution in [0.15, 0.2) is 48.5 Å². The number of hydrogen-bond donors (Lipinski definition) is 0. The van der Waals surface area contributed by atoms with Crippen LogP contribution in [-0.4, -0.2) is 54.0 Å². The molecule has 2 aromatic carbocycles. The monoisotopic (exact) mass is 408 g/mol. The molecular weight excluding hydrogens is 372 g/mol. The minimum Gasteiger partial charge on any atom is -0.494 e. The minimum absolute atomic E-state index is 0.146. The third kappa shape index (κ3) is 5.42. The molecule has 0 spiro atoms. The van der Waals surface area contributed by atoms with E-state index in [1.807, 2.05) is 41.3 Å². The number of ether oxygens (including phenoxy) is 1. The van der Waals surface area contributed by atoms with E-state index in [9.17, 15) is 4.79 Å². The van der Waals surface area contributed by atoms with Crippen molar-refractivity contribution in [3.8, 4) is 16.9 Å². The molecule has 1 heterocycles. The standard InChI is InChI=1S/C26H36N2O2/c1-5-27(6-2)18-7-19-30-25-16-14-23(15-17-25)22-10-12-24(13-11-22)26(29)28-20(3)8-9-21(28)4/h10-17,20-21H,5-9,18-19H2,1-4H3/t20-,21-/m1/s1. The van der Waals surface area contributed by atoms with Crippen LogP contribution in [0.4, 0.5) is 0 Å². The van der Waals surface area contributed by atoms with Crippen molar-refractivity contribution in [2.45, 2.75) is 59.0 Å². The number of likely N-dealkylation sites (tertiary alicyclic amines) is 1. The van der Waals surface area contributed by atoms with Crippen molar-refractivity contribution >= 4 is 5.91 Å². The van der Waals surface area contributed by atoms with E-state index in [1.54, 1.807) is 0 Å². The summed E-state index contributed by atoms with van der Waals surface area (Å²) >= 11 is 0. The minimum atomic E-state index is 0.146. The molecule has 1 amide bonds. The molecule has 1 saturated heterocycles. The van der Waals surface area contributed by atoms with E-state index >= 15 is 0 Å². The van der Waals surface area contributed by atoms with Gasteiger partial charge in [-0.25, -0.2) is 0 Å². The van der Waals surface area contributed by atoms with Crippen molar-refractivity contribution < 1.29 is 9.53 Å². The predicted molar refractivity (Wildman–Crippen MR) is 124 cm³/mol. The molecule has 0 aromatic heterocycles. The van der Waals surface area contributed by atoms with Crippen LogP contribution in [0.3, 0.4) is 0 Å². The number of rotatable bonds is 9. The van der Waals surface area contributed by atoms with Gasteiger partial charge in [0.05, 0.1) is 6.61 Å². The fraction of sp³-hybridized carbons (Fsp3) is 0.500. The molecule has 0 radical (unpaired) electrons. The maximum absolute atomic E-state index is 12.9. The highest BCUT2D eigenvalue weighted by Crippen LogP contribution is 2.27. The van der Waals surface area contributed by atoms with Crippen molar-refractivity contribution in [2.75, 3.05) is 26.2 Å². The molecule has 0 saturated carbocycles. The maximum atomic E-state index is 12.9. The van der Waals surface area contributed by atoms with Crippen molar-refractivity contribution in [1.29, 1.82) is 0 Å². The highest BCUT2D eigenvalue weighted by Gasteiger charge is 2.31. The first-order chi connectivity index (χ1) is 14.5. The van der Waals surface area contributed by atoms with Crippen LogP contribution < -0.4 is 4.74 Å². The third-order valence-corrected chi connectivity index (χ3v) is 6.29. The van der Waals surface area contributed by atoms with Gasteiger partial charge in [-0.15, -0.1) is 0 Å². The lowest BCUT2D eigenvalue weighted by Gasteiger charge is -2.26. The number of amides is 1. The van der Waals surface area contributed by atoms with Crippen LogP contribution in [0.1, 0.15) is 57.3 Å². The number of carbonyl (C=O) groups is 1. The molecule has 162 valence electrons. The zero-order valence-electron chi connectivity index (χ0n) is 18.9. The SMILES string of the molecule is CCN(CC)CCCOc1ccc(-c2ccc(C(=O)N3[C@H](C)CC[C@H]3C)cc2)cc1. The van der Waals surface area contributed by atoms with Gasteiger partial charge >= 0.3 is 0 Å². The normalized spacial score (nSPS) is 18.8. The predicted octanol–water partition coefficient (Wildman–Crippen LogP) is 5.48. The Kier molecular flexibility index (Phi) is 7.92. The molecular formula is C26H36N2O2. The lowest BCUT2D eigenvalue weighted by Crippen LogP contribution is -2.38. The zero-order chi connectivity index (χ0) is 21.5. The Bertz CT molecular complexity index is 787. The van der Waals surface area contributed by atoms with Crippen LogP contribution in [0, 0.1) is 0 Å². The summed E-state index contributed by atoms with van der Waals surface area (Å²) < 4.78 is 5.89. The molecule has 4 heteroatoms. The summed E-state index contributed by atoms with van der Waals surface area (Å²) in [4.78, 5) is 17.3. The van der Waals surface area contributed by atoms with E-state index < -0.39 is 0 Å². The number of hydrogen-bond acceptors (Lipinski definition) is 3. The summed E-state index contributed by atoms with van der Waals surface area (Å²) in [7, 11) is 0. The van der Waals surface area contributed by atoms with E-state index in [2.05, 4.69) is 44.7 Å². The summed E-state index contributed by atoms with van der Waals surface area (Å²) in [6.45, 7) is 12.7. The van der Waals surface area contributed by atoms with Crippen molar-refractivity contribution in [2.24, 2.45) is 0 Å². The molecule has 0 unspecified atom stereocenters. The first-order valence-corrected chi connectivity index (χ1v) is 11.4. The van der Waals surface area contributed by atoms with E-state index in [0.29, 0.717) is 12.1 Å². The molecule has 0 bridgehead atoms. The van der Waals surface area contributed by atoms with Gasteiger partial charge in [-0.05, 0) is 81.6 Å². The van der Waals surface area contributed by atoms with Gasteiger partial charge in [0.1, 0.15) is 5.75 Å². The molecule has 4 nitrogen and oxygen atoms in total. The summed E-state index contributed by atoms with van der Waals surface area (Å²) in [5, 5.41) is 0. The van der Waals surface area contributed by atoms with Crippen molar-refractivity contribution in [3.63, 3.8) is 0 Å². The van der Waals surface area contributed by atoms with Gasteiger partial charge in [0, 0.05) is 24.2 Å². The van der Waals surface area contributed by atoms with Crippen molar-refractivity contribution in [1.82, 2.24) is 9.80 Å². The zero-order valence-corrected chi connectivity index (χ0v) is 18.9. The Labute approximate surface area is 181 Å². The molecule has 0 N–H and O–H groups in total. The van der Waals surface area contributed by atoms with Gasteiger partial charge in [-0.2, -0.15) is 0 Å². The highest BCUT2D eigenvalue weighted by atomic mass is 16.5. The smallest absolute Gasteiger partial charge is 0.254 e. The Morgan fingerprint density at radius 3 is 2.00 bits per heavy atom. The van der Waals surface area contributed by atoms with Gasteiger partial charge in [0.2, 0.25) is 0 Å². The average Bonchev–Trinajstić information content (AvgIpc) is 3.12. The number of carbonyl (C=O) groups excluding carboxylic acids is 1. The van der Waals surface area contributed by atoms with E-state index in [-0.39, 0.29) is 5.91 Å². The maximum Gasteiger partial charge on any atom is 0.254 e. The van der Waals surface area contributed by atoms with Crippen LogP contribution in [0.5, 0.6) is 5.75 Å². The molecule has 1 fully saturated rings. The van der Waals surface area contributed by atoms with Crippen molar-refractivity contribution in [3.05, 3.63) is 54.1 Å². The molecule has 30 heavy (non-hydrogen) atoms. The quantitative estimate of drug-likeness (QED) is 0.515. The van der Waals surface area contributed by atoms with E-state index in [0.717, 1.165) is 67.9 Å². The van der Waals surface area contributed by atoms with Gasteiger partial charge in [-0.3, -0.25) is 4.79 Å². The highest BCUT2D eigenvalue weighted by molar-refractivity contribution is 5.95. The third-order valence-electron chi connectivity index (χ3n) is 6.29. The first-order valence-electron chi connectivity index (χ1n) is 11.4. The Morgan fingerprint density at radius 1 is 0.933 bits per heavy atom. The summed E-state index contributed by atoms with van der Waals surface area (Å²) in [6.07, 6.45) is 3.22. The summed E-state index contributed by atoms with van der Waals surface area (Å²) in [5.74, 6) is 1.05. The first kappa shape index (κ1) is 22.4. The second-order valence-corrected chi connectivity index (χ2v) is 8.32. The molecule has 1 aliphatic rings. The Morgan fingerprint density at radius 2 is 1.47 bits per heavy atom. The lowest BCUT2D eigenvalue weighted by atomic mass is 10.0. The largest absolute Gasteiger partial charge is 0.494 e. The van der Waals surface area contributed by atoms with E-state index in [1.165, 1.54) is 0 Å². The molecule has 0 aliphatic carbocycles. The fourth-order valence-electron chi connectivity index (χ4n) is 4.31. The summed E-state index contributed by atoms with van der Waals surface area (Å²) in [5.41, 5.74) is 3.02. The number of nitrogens with zero attached hydrogens (tertiary/aromatic N) is 2. The average molecular weight is 409 g/mol. The Hall–Kier alpha value is -2.33. The van der Waals surface area contributed by atoms with Gasteiger partial charge in [0.15, 0.2) is 0 Å². The fourth-order valence-corrected chi connectivity index (χ4v) is 4.31. The van der Waals surface area contributed by atoms with Gasteiger partial charge in [-0.1, -0.05) is 38.1 Å². The lowest BCUT2D eigenvalue weighted by molar-refractivity contribution is 0.0693. The summed E-state index contributed by atoms with van der Waals surface area (Å²) in [6, 6.07) is 16.9. The second kappa shape index (κ2) is 10.6.